The Morgan fingerprint density at radius 2 is 1.90 bits per heavy atom. The smallest absolute Gasteiger partial charge is 0.321 e. The molecule has 1 fully saturated rings. The number of amides is 1. The van der Waals surface area contributed by atoms with Gasteiger partial charge in [-0.15, -0.1) is 0 Å². The van der Waals surface area contributed by atoms with Crippen LogP contribution in [-0.2, 0) is 14.3 Å². The molecule has 31 heavy (non-hydrogen) atoms. The Kier molecular flexibility index (Phi) is 6.11. The molecule has 164 valence electrons. The highest BCUT2D eigenvalue weighted by molar-refractivity contribution is 6.08. The minimum absolute atomic E-state index is 0.189. The Hall–Kier alpha value is -3.49. The molecule has 9 nitrogen and oxygen atoms in total. The third kappa shape index (κ3) is 4.21. The zero-order valence-corrected chi connectivity index (χ0v) is 17.6. The Balaban J connectivity index is 1.52. The van der Waals surface area contributed by atoms with E-state index in [0.717, 1.165) is 24.5 Å². The van der Waals surface area contributed by atoms with E-state index in [0.29, 0.717) is 24.8 Å². The highest BCUT2D eigenvalue weighted by Crippen LogP contribution is 2.32. The molecule has 2 aliphatic heterocycles. The van der Waals surface area contributed by atoms with Gasteiger partial charge in [0.2, 0.25) is 11.9 Å². The van der Waals surface area contributed by atoms with Crippen LogP contribution in [0, 0.1) is 5.92 Å². The fourth-order valence-corrected chi connectivity index (χ4v) is 3.94. The first-order valence-corrected chi connectivity index (χ1v) is 10.3. The molecule has 4 rings (SSSR count). The maximum absolute atomic E-state index is 12.9. The van der Waals surface area contributed by atoms with E-state index >= 15 is 0 Å². The number of nitrogens with one attached hydrogen (secondary N) is 1. The third-order valence-electron chi connectivity index (χ3n) is 5.47. The summed E-state index contributed by atoms with van der Waals surface area (Å²) in [6.45, 7) is 4.69. The second-order valence-electron chi connectivity index (χ2n) is 7.28. The van der Waals surface area contributed by atoms with Crippen LogP contribution < -0.4 is 15.0 Å². The average molecular weight is 426 g/mol. The van der Waals surface area contributed by atoms with E-state index in [-0.39, 0.29) is 6.61 Å². The summed E-state index contributed by atoms with van der Waals surface area (Å²) in [6, 6.07) is 10.6. The van der Waals surface area contributed by atoms with Gasteiger partial charge in [-0.25, -0.2) is 4.99 Å². The van der Waals surface area contributed by atoms with E-state index in [4.69, 9.17) is 13.9 Å². The van der Waals surface area contributed by atoms with Gasteiger partial charge in [-0.3, -0.25) is 14.9 Å². The Bertz CT molecular complexity index is 951. The normalized spacial score (nSPS) is 21.4. The van der Waals surface area contributed by atoms with Crippen molar-refractivity contribution in [1.29, 1.82) is 0 Å². The predicted octanol–water partition coefficient (Wildman–Crippen LogP) is 1.82. The number of anilines is 1. The molecule has 0 bridgehead atoms. The molecule has 0 spiro atoms. The Morgan fingerprint density at radius 3 is 2.58 bits per heavy atom. The summed E-state index contributed by atoms with van der Waals surface area (Å²) < 4.78 is 16.1. The van der Waals surface area contributed by atoms with E-state index in [1.807, 2.05) is 29.2 Å². The van der Waals surface area contributed by atoms with E-state index in [9.17, 15) is 9.59 Å². The first-order valence-electron chi connectivity index (χ1n) is 10.3. The van der Waals surface area contributed by atoms with Gasteiger partial charge in [-0.2, -0.15) is 0 Å². The number of rotatable bonds is 5. The molecule has 2 aromatic rings. The average Bonchev–Trinajstić information content (AvgIpc) is 3.33. The van der Waals surface area contributed by atoms with Crippen molar-refractivity contribution in [2.45, 2.75) is 13.0 Å². The van der Waals surface area contributed by atoms with Crippen LogP contribution in [0.5, 0.6) is 5.75 Å². The van der Waals surface area contributed by atoms with E-state index in [1.54, 1.807) is 26.2 Å². The molecule has 3 heterocycles. The lowest BCUT2D eigenvalue weighted by atomic mass is 9.95. The molecule has 1 N–H and O–H groups in total. The van der Waals surface area contributed by atoms with Gasteiger partial charge in [0.25, 0.3) is 0 Å². The highest BCUT2D eigenvalue weighted by atomic mass is 16.5. The largest absolute Gasteiger partial charge is 0.495 e. The first kappa shape index (κ1) is 20.8. The lowest BCUT2D eigenvalue weighted by Crippen LogP contribution is -2.57. The molecule has 0 unspecified atom stereocenters. The van der Waals surface area contributed by atoms with Gasteiger partial charge in [0.1, 0.15) is 17.6 Å². The molecular formula is C22H26N4O5. The second-order valence-corrected chi connectivity index (χ2v) is 7.28. The second kappa shape index (κ2) is 9.11. The van der Waals surface area contributed by atoms with Crippen LogP contribution in [0.3, 0.4) is 0 Å². The number of piperazine rings is 1. The standard InChI is InChI=1S/C22H26N4O5/c1-3-30-21(28)18-19(17-9-6-14-31-17)23-22(24-20(18)27)26-12-10-25(11-13-26)15-7-4-5-8-16(15)29-2/h4-9,14,18-19H,3,10-13H2,1-2H3,(H,23,24,27)/t18-,19-/m1/s1. The van der Waals surface area contributed by atoms with Crippen molar-refractivity contribution in [3.05, 3.63) is 48.4 Å². The monoisotopic (exact) mass is 426 g/mol. The minimum atomic E-state index is -1.08. The van der Waals surface area contributed by atoms with Gasteiger partial charge in [0, 0.05) is 26.2 Å². The van der Waals surface area contributed by atoms with Gasteiger partial charge >= 0.3 is 5.97 Å². The summed E-state index contributed by atoms with van der Waals surface area (Å²) in [7, 11) is 1.66. The number of ether oxygens (including phenoxy) is 2. The van der Waals surface area contributed by atoms with E-state index in [2.05, 4.69) is 15.2 Å². The Morgan fingerprint density at radius 1 is 1.16 bits per heavy atom. The number of carbonyl (C=O) groups is 2. The van der Waals surface area contributed by atoms with Crippen molar-refractivity contribution in [3.63, 3.8) is 0 Å². The maximum atomic E-state index is 12.9. The number of furan rings is 1. The molecule has 1 aromatic carbocycles. The number of nitrogens with zero attached hydrogens (tertiary/aromatic N) is 3. The minimum Gasteiger partial charge on any atom is -0.495 e. The lowest BCUT2D eigenvalue weighted by Gasteiger charge is -2.39. The molecule has 0 saturated carbocycles. The van der Waals surface area contributed by atoms with Crippen LogP contribution in [0.1, 0.15) is 18.7 Å². The number of aliphatic imine (C=N–C) groups is 1. The number of guanidine groups is 1. The van der Waals surface area contributed by atoms with Crippen LogP contribution in [0.2, 0.25) is 0 Å². The number of benzene rings is 1. The quantitative estimate of drug-likeness (QED) is 0.575. The summed E-state index contributed by atoms with van der Waals surface area (Å²) >= 11 is 0. The van der Waals surface area contributed by atoms with Crippen molar-refractivity contribution < 1.29 is 23.5 Å². The molecule has 1 saturated heterocycles. The molecule has 0 aliphatic carbocycles. The topological polar surface area (TPSA) is 96.6 Å². The zero-order chi connectivity index (χ0) is 21.8. The van der Waals surface area contributed by atoms with Crippen molar-refractivity contribution in [2.75, 3.05) is 44.8 Å². The number of para-hydroxylation sites is 2. The SMILES string of the molecule is CCOC(=O)[C@H]1C(=O)NC(N2CCN(c3ccccc3OC)CC2)=N[C@@H]1c1ccco1. The number of methoxy groups -OCH3 is 1. The number of carbonyl (C=O) groups excluding carboxylic acids is 2. The van der Waals surface area contributed by atoms with Crippen LogP contribution >= 0.6 is 0 Å². The molecule has 1 aromatic heterocycles. The summed E-state index contributed by atoms with van der Waals surface area (Å²) in [6.07, 6.45) is 1.51. The van der Waals surface area contributed by atoms with Gasteiger partial charge in [0.05, 0.1) is 25.7 Å². The fourth-order valence-electron chi connectivity index (χ4n) is 3.94. The van der Waals surface area contributed by atoms with Gasteiger partial charge in [0.15, 0.2) is 5.92 Å². The van der Waals surface area contributed by atoms with Gasteiger partial charge in [-0.1, -0.05) is 12.1 Å². The third-order valence-corrected chi connectivity index (χ3v) is 5.47. The molecule has 0 radical (unpaired) electrons. The highest BCUT2D eigenvalue weighted by Gasteiger charge is 2.43. The fraction of sp³-hybridized carbons (Fsp3) is 0.409. The molecule has 2 atom stereocenters. The number of hydrogen-bond donors (Lipinski definition) is 1. The molecular weight excluding hydrogens is 400 g/mol. The van der Waals surface area contributed by atoms with E-state index < -0.39 is 23.8 Å². The summed E-state index contributed by atoms with van der Waals surface area (Å²) in [5.41, 5.74) is 1.04. The molecule has 1 amide bonds. The van der Waals surface area contributed by atoms with Crippen LogP contribution in [0.25, 0.3) is 0 Å². The number of hydrogen-bond acceptors (Lipinski definition) is 8. The van der Waals surface area contributed by atoms with Crippen LogP contribution in [0.4, 0.5) is 5.69 Å². The van der Waals surface area contributed by atoms with Gasteiger partial charge < -0.3 is 23.7 Å². The Labute approximate surface area is 180 Å². The van der Waals surface area contributed by atoms with Crippen molar-refractivity contribution in [1.82, 2.24) is 10.2 Å². The van der Waals surface area contributed by atoms with E-state index in [1.165, 1.54) is 6.26 Å². The zero-order valence-electron chi connectivity index (χ0n) is 17.6. The molecule has 2 aliphatic rings. The summed E-state index contributed by atoms with van der Waals surface area (Å²) in [4.78, 5) is 34.2. The summed E-state index contributed by atoms with van der Waals surface area (Å²) in [5, 5.41) is 2.80. The summed E-state index contributed by atoms with van der Waals surface area (Å²) in [5.74, 6) is -0.383. The molecule has 9 heteroatoms. The van der Waals surface area contributed by atoms with Crippen LogP contribution in [0.15, 0.2) is 52.1 Å². The van der Waals surface area contributed by atoms with Crippen molar-refractivity contribution >= 4 is 23.5 Å². The number of esters is 1. The maximum Gasteiger partial charge on any atom is 0.321 e. The lowest BCUT2D eigenvalue weighted by molar-refractivity contribution is -0.153. The van der Waals surface area contributed by atoms with Crippen LogP contribution in [-0.4, -0.2) is 62.6 Å². The first-order chi connectivity index (χ1) is 15.1. The van der Waals surface area contributed by atoms with Crippen molar-refractivity contribution in [2.24, 2.45) is 10.9 Å². The van der Waals surface area contributed by atoms with Crippen molar-refractivity contribution in [3.8, 4) is 5.75 Å². The predicted molar refractivity (Wildman–Crippen MR) is 114 cm³/mol. The van der Waals surface area contributed by atoms with Gasteiger partial charge in [-0.05, 0) is 31.2 Å².